The summed E-state index contributed by atoms with van der Waals surface area (Å²) in [5.74, 6) is 0.185. The molecule has 3 aromatic rings. The minimum atomic E-state index is -0.768. The minimum absolute atomic E-state index is 0.295. The van der Waals surface area contributed by atoms with Gasteiger partial charge in [0.1, 0.15) is 23.3 Å². The van der Waals surface area contributed by atoms with Crippen LogP contribution in [0.25, 0.3) is 11.0 Å². The molecule has 4 heteroatoms. The van der Waals surface area contributed by atoms with Crippen molar-refractivity contribution in [3.05, 3.63) is 57.2 Å². The van der Waals surface area contributed by atoms with Gasteiger partial charge in [0.15, 0.2) is 0 Å². The second kappa shape index (κ2) is 4.97. The van der Waals surface area contributed by atoms with Gasteiger partial charge in [-0.15, -0.1) is 11.3 Å². The molecule has 1 aliphatic carbocycles. The zero-order valence-electron chi connectivity index (χ0n) is 11.4. The highest BCUT2D eigenvalue weighted by molar-refractivity contribution is 7.12. The lowest BCUT2D eigenvalue weighted by atomic mass is 9.99. The van der Waals surface area contributed by atoms with Crippen LogP contribution in [0.4, 0.5) is 4.39 Å². The van der Waals surface area contributed by atoms with Crippen LogP contribution < -0.4 is 0 Å². The summed E-state index contributed by atoms with van der Waals surface area (Å²) in [6.45, 7) is 0. The Morgan fingerprint density at radius 2 is 2.00 bits per heavy atom. The average molecular weight is 302 g/mol. The van der Waals surface area contributed by atoms with Gasteiger partial charge in [-0.3, -0.25) is 0 Å². The quantitative estimate of drug-likeness (QED) is 0.751. The van der Waals surface area contributed by atoms with E-state index < -0.39 is 6.10 Å². The maximum absolute atomic E-state index is 13.2. The second-order valence-corrected chi connectivity index (χ2v) is 6.71. The van der Waals surface area contributed by atoms with E-state index in [0.29, 0.717) is 16.7 Å². The third-order valence-corrected chi connectivity index (χ3v) is 5.34. The Hall–Kier alpha value is -1.65. The van der Waals surface area contributed by atoms with Crippen LogP contribution >= 0.6 is 11.3 Å². The van der Waals surface area contributed by atoms with E-state index in [4.69, 9.17) is 4.42 Å². The molecule has 1 aliphatic rings. The van der Waals surface area contributed by atoms with Crippen molar-refractivity contribution in [3.8, 4) is 0 Å². The molecular weight excluding hydrogens is 287 g/mol. The van der Waals surface area contributed by atoms with Crippen molar-refractivity contribution in [2.24, 2.45) is 0 Å². The zero-order valence-corrected chi connectivity index (χ0v) is 12.3. The normalized spacial score (nSPS) is 16.1. The zero-order chi connectivity index (χ0) is 14.4. The molecule has 1 N–H and O–H groups in total. The highest BCUT2D eigenvalue weighted by Gasteiger charge is 2.21. The van der Waals surface area contributed by atoms with E-state index in [0.717, 1.165) is 17.7 Å². The number of aryl methyl sites for hydroxylation is 2. The fourth-order valence-electron chi connectivity index (χ4n) is 2.96. The first kappa shape index (κ1) is 13.0. The number of rotatable bonds is 2. The molecule has 1 aromatic carbocycles. The summed E-state index contributed by atoms with van der Waals surface area (Å²) >= 11 is 1.67. The molecule has 1 atom stereocenters. The van der Waals surface area contributed by atoms with E-state index >= 15 is 0 Å². The summed E-state index contributed by atoms with van der Waals surface area (Å²) in [5, 5.41) is 11.2. The molecule has 2 heterocycles. The van der Waals surface area contributed by atoms with Gasteiger partial charge in [-0.1, -0.05) is 0 Å². The standard InChI is InChI=1S/C17H15FO2S/c18-12-5-6-13-11(7-12)8-14(20-13)17(19)16-9-10-3-1-2-4-15(10)21-16/h5-9,17,19H,1-4H2. The van der Waals surface area contributed by atoms with Crippen molar-refractivity contribution in [1.82, 2.24) is 0 Å². The lowest BCUT2D eigenvalue weighted by molar-refractivity contribution is 0.196. The Bertz CT molecular complexity index is 779. The van der Waals surface area contributed by atoms with Gasteiger partial charge in [-0.05, 0) is 61.6 Å². The predicted molar refractivity (Wildman–Crippen MR) is 81.2 cm³/mol. The van der Waals surface area contributed by atoms with Gasteiger partial charge >= 0.3 is 0 Å². The molecule has 0 aliphatic heterocycles. The van der Waals surface area contributed by atoms with Crippen molar-refractivity contribution >= 4 is 22.3 Å². The molecule has 0 radical (unpaired) electrons. The van der Waals surface area contributed by atoms with Gasteiger partial charge < -0.3 is 9.52 Å². The molecule has 21 heavy (non-hydrogen) atoms. The lowest BCUT2D eigenvalue weighted by Crippen LogP contribution is -1.97. The third-order valence-electron chi connectivity index (χ3n) is 4.05. The Balaban J connectivity index is 1.71. The second-order valence-electron chi connectivity index (χ2n) is 5.54. The van der Waals surface area contributed by atoms with Gasteiger partial charge in [0.2, 0.25) is 0 Å². The number of aliphatic hydroxyl groups excluding tert-OH is 1. The van der Waals surface area contributed by atoms with Crippen molar-refractivity contribution in [2.45, 2.75) is 31.8 Å². The number of furan rings is 1. The molecule has 4 rings (SSSR count). The van der Waals surface area contributed by atoms with Crippen LogP contribution in [-0.2, 0) is 12.8 Å². The van der Waals surface area contributed by atoms with Crippen LogP contribution in [0.15, 0.2) is 34.7 Å². The van der Waals surface area contributed by atoms with Gasteiger partial charge in [0.05, 0.1) is 0 Å². The van der Waals surface area contributed by atoms with E-state index in [1.165, 1.54) is 35.4 Å². The number of aliphatic hydroxyl groups is 1. The summed E-state index contributed by atoms with van der Waals surface area (Å²) in [5.41, 5.74) is 1.97. The number of benzene rings is 1. The number of fused-ring (bicyclic) bond motifs is 2. The molecule has 1 unspecified atom stereocenters. The van der Waals surface area contributed by atoms with E-state index in [1.807, 2.05) is 0 Å². The first-order valence-electron chi connectivity index (χ1n) is 7.19. The van der Waals surface area contributed by atoms with Crippen molar-refractivity contribution < 1.29 is 13.9 Å². The molecule has 108 valence electrons. The summed E-state index contributed by atoms with van der Waals surface area (Å²) in [6, 6.07) is 8.21. The molecule has 0 saturated heterocycles. The fourth-order valence-corrected chi connectivity index (χ4v) is 4.21. The Kier molecular flexibility index (Phi) is 3.08. The van der Waals surface area contributed by atoms with Gasteiger partial charge in [-0.2, -0.15) is 0 Å². The van der Waals surface area contributed by atoms with E-state index in [2.05, 4.69) is 6.07 Å². The third kappa shape index (κ3) is 2.28. The van der Waals surface area contributed by atoms with Crippen molar-refractivity contribution in [3.63, 3.8) is 0 Å². The molecule has 0 fully saturated rings. The van der Waals surface area contributed by atoms with Crippen LogP contribution in [0, 0.1) is 5.82 Å². The summed E-state index contributed by atoms with van der Waals surface area (Å²) < 4.78 is 18.9. The highest BCUT2D eigenvalue weighted by atomic mass is 32.1. The molecular formula is C17H15FO2S. The maximum atomic E-state index is 13.2. The topological polar surface area (TPSA) is 33.4 Å². The highest BCUT2D eigenvalue weighted by Crippen LogP contribution is 2.36. The molecule has 2 aromatic heterocycles. The maximum Gasteiger partial charge on any atom is 0.146 e. The average Bonchev–Trinajstić information content (AvgIpc) is 3.09. The molecule has 0 amide bonds. The van der Waals surface area contributed by atoms with Crippen LogP contribution in [0.1, 0.15) is 40.0 Å². The van der Waals surface area contributed by atoms with E-state index in [-0.39, 0.29) is 5.82 Å². The first-order valence-corrected chi connectivity index (χ1v) is 8.01. The minimum Gasteiger partial charge on any atom is -0.458 e. The van der Waals surface area contributed by atoms with Gasteiger partial charge in [0, 0.05) is 15.1 Å². The monoisotopic (exact) mass is 302 g/mol. The molecule has 0 saturated carbocycles. The Morgan fingerprint density at radius 3 is 2.86 bits per heavy atom. The van der Waals surface area contributed by atoms with Crippen LogP contribution in [0.5, 0.6) is 0 Å². The number of hydrogen-bond donors (Lipinski definition) is 1. The van der Waals surface area contributed by atoms with Crippen molar-refractivity contribution in [1.29, 1.82) is 0 Å². The largest absolute Gasteiger partial charge is 0.458 e. The molecule has 0 spiro atoms. The van der Waals surface area contributed by atoms with E-state index in [1.54, 1.807) is 23.5 Å². The van der Waals surface area contributed by atoms with Crippen molar-refractivity contribution in [2.75, 3.05) is 0 Å². The fraction of sp³-hybridized carbons (Fsp3) is 0.294. The lowest BCUT2D eigenvalue weighted by Gasteiger charge is -2.08. The smallest absolute Gasteiger partial charge is 0.146 e. The summed E-state index contributed by atoms with van der Waals surface area (Å²) in [4.78, 5) is 2.30. The Labute approximate surface area is 125 Å². The molecule has 2 nitrogen and oxygen atoms in total. The predicted octanol–water partition coefficient (Wildman–Crippen LogP) is 4.59. The summed E-state index contributed by atoms with van der Waals surface area (Å²) in [6.07, 6.45) is 3.90. The first-order chi connectivity index (χ1) is 10.2. The van der Waals surface area contributed by atoms with Crippen LogP contribution in [-0.4, -0.2) is 5.11 Å². The van der Waals surface area contributed by atoms with E-state index in [9.17, 15) is 9.50 Å². The SMILES string of the molecule is OC(c1cc2cc(F)ccc2o1)c1cc2c(s1)CCCC2. The van der Waals surface area contributed by atoms with Crippen LogP contribution in [0.3, 0.4) is 0 Å². The number of hydrogen-bond acceptors (Lipinski definition) is 3. The van der Waals surface area contributed by atoms with Crippen LogP contribution in [0.2, 0.25) is 0 Å². The van der Waals surface area contributed by atoms with Gasteiger partial charge in [0.25, 0.3) is 0 Å². The summed E-state index contributed by atoms with van der Waals surface area (Å²) in [7, 11) is 0. The Morgan fingerprint density at radius 1 is 1.14 bits per heavy atom. The van der Waals surface area contributed by atoms with Gasteiger partial charge in [-0.25, -0.2) is 4.39 Å². The number of halogens is 1. The number of thiophene rings is 1. The molecule has 0 bridgehead atoms.